The minimum atomic E-state index is -3.39. The number of hydrogen-bond donors (Lipinski definition) is 1. The number of rotatable bonds is 8. The third-order valence-electron chi connectivity index (χ3n) is 4.49. The van der Waals surface area contributed by atoms with Gasteiger partial charge >= 0.3 is 0 Å². The van der Waals surface area contributed by atoms with E-state index >= 15 is 0 Å². The van der Waals surface area contributed by atoms with Gasteiger partial charge in [0.2, 0.25) is 10.0 Å². The van der Waals surface area contributed by atoms with Crippen LogP contribution in [-0.2, 0) is 23.0 Å². The number of nitro benzene ring substituents is 1. The second kappa shape index (κ2) is 8.26. The zero-order valence-corrected chi connectivity index (χ0v) is 15.9. The number of benzene rings is 1. The highest BCUT2D eigenvalue weighted by Crippen LogP contribution is 2.24. The molecule has 0 aliphatic carbocycles. The van der Waals surface area contributed by atoms with Crippen molar-refractivity contribution in [1.29, 1.82) is 0 Å². The number of unbranched alkanes of at least 4 members (excludes halogenated alkanes) is 1. The number of nitro groups is 1. The molecule has 9 heteroatoms. The molecule has 2 heterocycles. The zero-order chi connectivity index (χ0) is 18.6. The van der Waals surface area contributed by atoms with E-state index in [4.69, 9.17) is 0 Å². The van der Waals surface area contributed by atoms with Gasteiger partial charge < -0.3 is 0 Å². The van der Waals surface area contributed by atoms with Gasteiger partial charge in [0.15, 0.2) is 0 Å². The maximum Gasteiger partial charge on any atom is 0.269 e. The Bertz CT molecular complexity index is 866. The fourth-order valence-electron chi connectivity index (χ4n) is 3.06. The van der Waals surface area contributed by atoms with Crippen LogP contribution in [0.3, 0.4) is 0 Å². The van der Waals surface area contributed by atoms with Crippen molar-refractivity contribution in [3.05, 3.63) is 56.3 Å². The maximum atomic E-state index is 12.0. The molecule has 1 aromatic carbocycles. The number of hydrogen-bond acceptors (Lipinski definition) is 6. The van der Waals surface area contributed by atoms with Gasteiger partial charge in [0.05, 0.1) is 9.82 Å². The third kappa shape index (κ3) is 4.67. The average molecular weight is 396 g/mol. The Morgan fingerprint density at radius 3 is 2.81 bits per heavy atom. The van der Waals surface area contributed by atoms with Crippen molar-refractivity contribution in [2.24, 2.45) is 0 Å². The number of non-ortho nitro benzene ring substituents is 1. The van der Waals surface area contributed by atoms with Crippen molar-refractivity contribution in [2.75, 3.05) is 19.6 Å². The Morgan fingerprint density at radius 2 is 2.08 bits per heavy atom. The molecule has 0 saturated carbocycles. The van der Waals surface area contributed by atoms with Crippen molar-refractivity contribution in [3.8, 4) is 0 Å². The molecular formula is C17H21N3O4S2. The molecule has 0 amide bonds. The number of nitrogens with zero attached hydrogens (tertiary/aromatic N) is 2. The summed E-state index contributed by atoms with van der Waals surface area (Å²) in [4.78, 5) is 13.1. The van der Waals surface area contributed by atoms with Gasteiger partial charge in [0.1, 0.15) is 0 Å². The molecule has 0 saturated heterocycles. The fourth-order valence-corrected chi connectivity index (χ4v) is 5.16. The molecule has 7 nitrogen and oxygen atoms in total. The van der Waals surface area contributed by atoms with Crippen LogP contribution >= 0.6 is 11.3 Å². The predicted molar refractivity (Wildman–Crippen MR) is 101 cm³/mol. The van der Waals surface area contributed by atoms with E-state index in [2.05, 4.69) is 9.62 Å². The van der Waals surface area contributed by atoms with Crippen LogP contribution in [0.5, 0.6) is 0 Å². The first-order valence-electron chi connectivity index (χ1n) is 8.46. The van der Waals surface area contributed by atoms with Crippen LogP contribution in [-0.4, -0.2) is 37.9 Å². The first-order valence-corrected chi connectivity index (χ1v) is 10.9. The van der Waals surface area contributed by atoms with Crippen LogP contribution in [0, 0.1) is 10.1 Å². The van der Waals surface area contributed by atoms with Gasteiger partial charge in [-0.25, -0.2) is 13.1 Å². The normalized spacial score (nSPS) is 14.9. The van der Waals surface area contributed by atoms with Crippen LogP contribution in [0.2, 0.25) is 0 Å². The lowest BCUT2D eigenvalue weighted by molar-refractivity contribution is -0.385. The molecule has 1 aliphatic rings. The number of nitrogens with one attached hydrogen (secondary N) is 1. The lowest BCUT2D eigenvalue weighted by Crippen LogP contribution is -2.32. The largest absolute Gasteiger partial charge is 0.299 e. The quantitative estimate of drug-likeness (QED) is 0.421. The van der Waals surface area contributed by atoms with Crippen LogP contribution in [0.1, 0.15) is 24.0 Å². The number of sulfonamides is 1. The molecule has 140 valence electrons. The minimum absolute atomic E-state index is 0.133. The molecule has 0 bridgehead atoms. The van der Waals surface area contributed by atoms with Crippen LogP contribution in [0.4, 0.5) is 5.69 Å². The Labute approximate surface area is 156 Å². The van der Waals surface area contributed by atoms with E-state index in [0.717, 1.165) is 37.9 Å². The van der Waals surface area contributed by atoms with Crippen molar-refractivity contribution in [2.45, 2.75) is 30.7 Å². The Morgan fingerprint density at radius 1 is 1.23 bits per heavy atom. The van der Waals surface area contributed by atoms with E-state index in [9.17, 15) is 18.5 Å². The van der Waals surface area contributed by atoms with Gasteiger partial charge in [-0.2, -0.15) is 11.3 Å². The summed E-state index contributed by atoms with van der Waals surface area (Å²) < 4.78 is 26.6. The van der Waals surface area contributed by atoms with E-state index in [-0.39, 0.29) is 10.6 Å². The highest BCUT2D eigenvalue weighted by atomic mass is 32.2. The fraction of sp³-hybridized carbons (Fsp3) is 0.412. The van der Waals surface area contributed by atoms with Gasteiger partial charge in [0, 0.05) is 37.1 Å². The molecule has 0 unspecified atom stereocenters. The van der Waals surface area contributed by atoms with E-state index in [1.165, 1.54) is 16.9 Å². The average Bonchev–Trinajstić information content (AvgIpc) is 3.16. The van der Waals surface area contributed by atoms with E-state index in [0.29, 0.717) is 18.0 Å². The van der Waals surface area contributed by atoms with Gasteiger partial charge in [-0.1, -0.05) is 6.07 Å². The van der Waals surface area contributed by atoms with Crippen molar-refractivity contribution in [1.82, 2.24) is 9.62 Å². The summed E-state index contributed by atoms with van der Waals surface area (Å²) >= 11 is 1.36. The highest BCUT2D eigenvalue weighted by molar-refractivity contribution is 7.89. The van der Waals surface area contributed by atoms with E-state index < -0.39 is 10.0 Å². The summed E-state index contributed by atoms with van der Waals surface area (Å²) in [7, 11) is -3.39. The van der Waals surface area contributed by atoms with Crippen molar-refractivity contribution < 1.29 is 13.3 Å². The molecule has 1 N–H and O–H groups in total. The van der Waals surface area contributed by atoms with Crippen LogP contribution in [0.25, 0.3) is 0 Å². The first-order chi connectivity index (χ1) is 12.5. The topological polar surface area (TPSA) is 92.6 Å². The molecule has 0 radical (unpaired) electrons. The van der Waals surface area contributed by atoms with Crippen molar-refractivity contribution >= 4 is 27.0 Å². The van der Waals surface area contributed by atoms with Gasteiger partial charge in [-0.3, -0.25) is 15.0 Å². The Balaban J connectivity index is 1.44. The number of fused-ring (bicyclic) bond motifs is 1. The summed E-state index contributed by atoms with van der Waals surface area (Å²) in [5.41, 5.74) is 2.33. The minimum Gasteiger partial charge on any atom is -0.299 e. The molecule has 2 aromatic rings. The lowest BCUT2D eigenvalue weighted by Gasteiger charge is -2.28. The molecule has 3 rings (SSSR count). The molecule has 0 atom stereocenters. The SMILES string of the molecule is O=[N+]([O-])c1ccc2c(c1)CN(CCCCNS(=O)(=O)c1ccsc1)CC2. The zero-order valence-electron chi connectivity index (χ0n) is 14.3. The van der Waals surface area contributed by atoms with Gasteiger partial charge in [-0.05, 0) is 48.4 Å². The molecule has 0 fully saturated rings. The summed E-state index contributed by atoms with van der Waals surface area (Å²) in [6, 6.07) is 6.67. The van der Waals surface area contributed by atoms with Crippen LogP contribution in [0.15, 0.2) is 39.9 Å². The Kier molecular flexibility index (Phi) is 6.02. The second-order valence-corrected chi connectivity index (χ2v) is 8.85. The molecule has 1 aromatic heterocycles. The Hall–Kier alpha value is -1.81. The summed E-state index contributed by atoms with van der Waals surface area (Å²) in [6.45, 7) is 2.89. The van der Waals surface area contributed by atoms with Crippen molar-refractivity contribution in [3.63, 3.8) is 0 Å². The second-order valence-electron chi connectivity index (χ2n) is 6.30. The van der Waals surface area contributed by atoms with Gasteiger partial charge in [0.25, 0.3) is 5.69 Å². The van der Waals surface area contributed by atoms with Gasteiger partial charge in [-0.15, -0.1) is 0 Å². The van der Waals surface area contributed by atoms with E-state index in [1.54, 1.807) is 29.0 Å². The lowest BCUT2D eigenvalue weighted by atomic mass is 9.99. The highest BCUT2D eigenvalue weighted by Gasteiger charge is 2.19. The summed E-state index contributed by atoms with van der Waals surface area (Å²) in [5, 5.41) is 14.3. The molecule has 0 spiro atoms. The summed E-state index contributed by atoms with van der Waals surface area (Å²) in [5.74, 6) is 0. The standard InChI is InChI=1S/C17H21N3O4S2/c21-20(22)16-4-3-14-5-9-19(12-15(14)11-16)8-2-1-7-18-26(23,24)17-6-10-25-13-17/h3-4,6,10-11,13,18H,1-2,5,7-9,12H2. The van der Waals surface area contributed by atoms with Crippen LogP contribution < -0.4 is 4.72 Å². The third-order valence-corrected chi connectivity index (χ3v) is 6.78. The molecule has 26 heavy (non-hydrogen) atoms. The maximum absolute atomic E-state index is 12.0. The monoisotopic (exact) mass is 395 g/mol. The molecule has 1 aliphatic heterocycles. The molecular weight excluding hydrogens is 374 g/mol. The number of thiophene rings is 1. The summed E-state index contributed by atoms with van der Waals surface area (Å²) in [6.07, 6.45) is 2.51. The predicted octanol–water partition coefficient (Wildman–Crippen LogP) is 2.77. The first kappa shape index (κ1) is 19.0. The smallest absolute Gasteiger partial charge is 0.269 e. The van der Waals surface area contributed by atoms with E-state index in [1.807, 2.05) is 6.07 Å².